The second-order valence-corrected chi connectivity index (χ2v) is 7.94. The van der Waals surface area contributed by atoms with Gasteiger partial charge in [0.25, 0.3) is 0 Å². The average molecular weight is 402 g/mol. The van der Waals surface area contributed by atoms with Crippen LogP contribution in [0.4, 0.5) is 4.79 Å². The van der Waals surface area contributed by atoms with Gasteiger partial charge in [-0.05, 0) is 48.4 Å². The Kier molecular flexibility index (Phi) is 7.31. The zero-order valence-electron chi connectivity index (χ0n) is 16.1. The van der Waals surface area contributed by atoms with Gasteiger partial charge in [0.15, 0.2) is 0 Å². The van der Waals surface area contributed by atoms with Gasteiger partial charge in [-0.15, -0.1) is 11.3 Å². The van der Waals surface area contributed by atoms with E-state index < -0.39 is 0 Å². The van der Waals surface area contributed by atoms with Gasteiger partial charge < -0.3 is 20.3 Å². The third-order valence-corrected chi connectivity index (χ3v) is 5.82. The van der Waals surface area contributed by atoms with E-state index in [0.29, 0.717) is 26.2 Å². The lowest BCUT2D eigenvalue weighted by molar-refractivity contribution is -0.126. The smallest absolute Gasteiger partial charge is 0.317 e. The molecule has 7 heteroatoms. The van der Waals surface area contributed by atoms with Crippen LogP contribution in [0.5, 0.6) is 5.75 Å². The molecule has 1 aliphatic rings. The summed E-state index contributed by atoms with van der Waals surface area (Å²) < 4.78 is 5.15. The van der Waals surface area contributed by atoms with Crippen molar-refractivity contribution in [3.63, 3.8) is 0 Å². The highest BCUT2D eigenvalue weighted by Crippen LogP contribution is 2.17. The van der Waals surface area contributed by atoms with E-state index >= 15 is 0 Å². The van der Waals surface area contributed by atoms with Gasteiger partial charge in [0.05, 0.1) is 19.6 Å². The Labute approximate surface area is 169 Å². The maximum atomic E-state index is 12.5. The van der Waals surface area contributed by atoms with Crippen LogP contribution in [0.25, 0.3) is 0 Å². The summed E-state index contributed by atoms with van der Waals surface area (Å²) in [6, 6.07) is 11.7. The number of ether oxygens (including phenoxy) is 1. The van der Waals surface area contributed by atoms with E-state index in [4.69, 9.17) is 4.74 Å². The fourth-order valence-electron chi connectivity index (χ4n) is 3.33. The van der Waals surface area contributed by atoms with Gasteiger partial charge in [0.2, 0.25) is 5.91 Å². The van der Waals surface area contributed by atoms with Crippen LogP contribution in [0.3, 0.4) is 0 Å². The van der Waals surface area contributed by atoms with Crippen LogP contribution >= 0.6 is 11.3 Å². The van der Waals surface area contributed by atoms with Crippen molar-refractivity contribution >= 4 is 23.3 Å². The first-order valence-electron chi connectivity index (χ1n) is 9.61. The molecule has 1 unspecified atom stereocenters. The third kappa shape index (κ3) is 5.73. The fraction of sp³-hybridized carbons (Fsp3) is 0.429. The zero-order chi connectivity index (χ0) is 19.8. The maximum absolute atomic E-state index is 12.5. The summed E-state index contributed by atoms with van der Waals surface area (Å²) >= 11 is 1.62. The standard InChI is InChI=1S/C21H27N3O3S/c1-27-18-8-6-16(7-9-18)10-11-22-20(25)17-4-2-12-24(15-17)21(26)23-14-19-5-3-13-28-19/h3,5-9,13,17H,2,4,10-12,14-15H2,1H3,(H,22,25)(H,23,26). The van der Waals surface area contributed by atoms with Gasteiger partial charge in [0, 0.05) is 24.5 Å². The molecule has 150 valence electrons. The van der Waals surface area contributed by atoms with Crippen molar-refractivity contribution in [1.29, 1.82) is 0 Å². The molecule has 0 radical (unpaired) electrons. The molecule has 3 rings (SSSR count). The zero-order valence-corrected chi connectivity index (χ0v) is 17.0. The van der Waals surface area contributed by atoms with E-state index in [9.17, 15) is 9.59 Å². The van der Waals surface area contributed by atoms with E-state index in [0.717, 1.165) is 35.5 Å². The quantitative estimate of drug-likeness (QED) is 0.749. The minimum absolute atomic E-state index is 0.0317. The second kappa shape index (κ2) is 10.1. The fourth-order valence-corrected chi connectivity index (χ4v) is 3.97. The molecule has 1 aromatic carbocycles. The van der Waals surface area contributed by atoms with Crippen LogP contribution in [0.1, 0.15) is 23.3 Å². The van der Waals surface area contributed by atoms with Crippen molar-refractivity contribution in [2.24, 2.45) is 5.92 Å². The van der Waals surface area contributed by atoms with E-state index in [1.54, 1.807) is 23.3 Å². The first-order valence-corrected chi connectivity index (χ1v) is 10.5. The lowest BCUT2D eigenvalue weighted by Gasteiger charge is -2.32. The Morgan fingerprint density at radius 1 is 1.21 bits per heavy atom. The van der Waals surface area contributed by atoms with Gasteiger partial charge in [-0.2, -0.15) is 0 Å². The normalized spacial score (nSPS) is 16.5. The molecule has 0 spiro atoms. The molecule has 0 saturated carbocycles. The summed E-state index contributed by atoms with van der Waals surface area (Å²) in [5.41, 5.74) is 1.15. The lowest BCUT2D eigenvalue weighted by Crippen LogP contribution is -2.48. The largest absolute Gasteiger partial charge is 0.497 e. The number of thiophene rings is 1. The number of hydrogen-bond acceptors (Lipinski definition) is 4. The number of nitrogens with one attached hydrogen (secondary N) is 2. The number of nitrogens with zero attached hydrogens (tertiary/aromatic N) is 1. The molecule has 1 aliphatic heterocycles. The summed E-state index contributed by atoms with van der Waals surface area (Å²) in [6.45, 7) is 2.30. The highest BCUT2D eigenvalue weighted by atomic mass is 32.1. The summed E-state index contributed by atoms with van der Waals surface area (Å²) in [6.07, 6.45) is 2.44. The van der Waals surface area contributed by atoms with Crippen molar-refractivity contribution in [3.05, 3.63) is 52.2 Å². The molecular weight excluding hydrogens is 374 g/mol. The van der Waals surface area contributed by atoms with Crippen LogP contribution in [0, 0.1) is 5.92 Å². The van der Waals surface area contributed by atoms with Crippen LogP contribution in [0.15, 0.2) is 41.8 Å². The SMILES string of the molecule is COc1ccc(CCNC(=O)C2CCCN(C(=O)NCc3cccs3)C2)cc1. The highest BCUT2D eigenvalue weighted by molar-refractivity contribution is 7.09. The summed E-state index contributed by atoms with van der Waals surface area (Å²) in [4.78, 5) is 27.8. The Balaban J connectivity index is 1.41. The number of benzene rings is 1. The van der Waals surface area contributed by atoms with E-state index in [1.807, 2.05) is 41.8 Å². The summed E-state index contributed by atoms with van der Waals surface area (Å²) in [7, 11) is 1.64. The molecule has 2 N–H and O–H groups in total. The molecule has 1 atom stereocenters. The van der Waals surface area contributed by atoms with Crippen LogP contribution in [-0.4, -0.2) is 43.6 Å². The van der Waals surface area contributed by atoms with E-state index in [2.05, 4.69) is 10.6 Å². The van der Waals surface area contributed by atoms with Gasteiger partial charge in [-0.3, -0.25) is 4.79 Å². The molecule has 0 aliphatic carbocycles. The van der Waals surface area contributed by atoms with Gasteiger partial charge in [-0.1, -0.05) is 18.2 Å². The summed E-state index contributed by atoms with van der Waals surface area (Å²) in [5.74, 6) is 0.716. The number of urea groups is 1. The maximum Gasteiger partial charge on any atom is 0.317 e. The topological polar surface area (TPSA) is 70.7 Å². The van der Waals surface area contributed by atoms with Crippen molar-refractivity contribution < 1.29 is 14.3 Å². The van der Waals surface area contributed by atoms with Gasteiger partial charge in [-0.25, -0.2) is 4.79 Å². The first kappa shape index (κ1) is 20.2. The minimum Gasteiger partial charge on any atom is -0.497 e. The predicted octanol–water partition coefficient (Wildman–Crippen LogP) is 3.04. The van der Waals surface area contributed by atoms with Crippen LogP contribution in [-0.2, 0) is 17.8 Å². The number of carbonyl (C=O) groups excluding carboxylic acids is 2. The van der Waals surface area contributed by atoms with Crippen LogP contribution in [0.2, 0.25) is 0 Å². The number of rotatable bonds is 7. The predicted molar refractivity (Wildman–Crippen MR) is 111 cm³/mol. The average Bonchev–Trinajstić information content (AvgIpc) is 3.26. The van der Waals surface area contributed by atoms with Gasteiger partial charge >= 0.3 is 6.03 Å². The number of amides is 3. The highest BCUT2D eigenvalue weighted by Gasteiger charge is 2.28. The molecule has 1 saturated heterocycles. The summed E-state index contributed by atoms with van der Waals surface area (Å²) in [5, 5.41) is 7.95. The van der Waals surface area contributed by atoms with Crippen molar-refractivity contribution in [3.8, 4) is 5.75 Å². The second-order valence-electron chi connectivity index (χ2n) is 6.91. The number of carbonyl (C=O) groups is 2. The first-order chi connectivity index (χ1) is 13.7. The molecule has 3 amide bonds. The number of hydrogen-bond donors (Lipinski definition) is 2. The minimum atomic E-state index is -0.142. The van der Waals surface area contributed by atoms with Crippen LogP contribution < -0.4 is 15.4 Å². The lowest BCUT2D eigenvalue weighted by atomic mass is 9.97. The van der Waals surface area contributed by atoms with Crippen molar-refractivity contribution in [1.82, 2.24) is 15.5 Å². The molecule has 0 bridgehead atoms. The molecule has 28 heavy (non-hydrogen) atoms. The molecular formula is C21H27N3O3S. The van der Waals surface area contributed by atoms with Crippen molar-refractivity contribution in [2.75, 3.05) is 26.7 Å². The molecule has 2 aromatic rings. The molecule has 1 aromatic heterocycles. The Morgan fingerprint density at radius 3 is 2.75 bits per heavy atom. The molecule has 6 nitrogen and oxygen atoms in total. The molecule has 2 heterocycles. The number of methoxy groups -OCH3 is 1. The Bertz CT molecular complexity index is 762. The number of piperidine rings is 1. The van der Waals surface area contributed by atoms with Crippen molar-refractivity contribution in [2.45, 2.75) is 25.8 Å². The Hall–Kier alpha value is -2.54. The third-order valence-electron chi connectivity index (χ3n) is 4.95. The Morgan fingerprint density at radius 2 is 2.04 bits per heavy atom. The number of likely N-dealkylation sites (tertiary alicyclic amines) is 1. The molecule has 1 fully saturated rings. The van der Waals surface area contributed by atoms with E-state index in [-0.39, 0.29) is 17.9 Å². The monoisotopic (exact) mass is 401 g/mol. The van der Waals surface area contributed by atoms with Gasteiger partial charge in [0.1, 0.15) is 5.75 Å². The van der Waals surface area contributed by atoms with E-state index in [1.165, 1.54) is 0 Å².